The third-order valence-electron chi connectivity index (χ3n) is 3.72. The second-order valence-corrected chi connectivity index (χ2v) is 6.29. The highest BCUT2D eigenvalue weighted by Crippen LogP contribution is 2.28. The van der Waals surface area contributed by atoms with Crippen LogP contribution in [0.2, 0.25) is 0 Å². The van der Waals surface area contributed by atoms with Crippen molar-refractivity contribution in [3.63, 3.8) is 0 Å². The number of nitro benzene ring substituents is 1. The Balaban J connectivity index is 2.03. The van der Waals surface area contributed by atoms with E-state index in [0.29, 0.717) is 16.3 Å². The minimum absolute atomic E-state index is 0.0102. The monoisotopic (exact) mass is 378 g/mol. The zero-order valence-corrected chi connectivity index (χ0v) is 15.5. The number of ether oxygens (including phenoxy) is 1. The zero-order valence-electron chi connectivity index (χ0n) is 14.7. The molecule has 0 saturated carbocycles. The van der Waals surface area contributed by atoms with E-state index in [1.807, 2.05) is 0 Å². The van der Waals surface area contributed by atoms with Gasteiger partial charge in [0.05, 0.1) is 32.5 Å². The molecule has 0 atom stereocenters. The van der Waals surface area contributed by atoms with Crippen molar-refractivity contribution in [1.82, 2.24) is 9.78 Å². The zero-order chi connectivity index (χ0) is 19.4. The fraction of sp³-hybridized carbons (Fsp3) is 0.312. The summed E-state index contributed by atoms with van der Waals surface area (Å²) in [7, 11) is 1.75. The van der Waals surface area contributed by atoms with Crippen LogP contribution in [0.15, 0.2) is 23.1 Å². The number of hydrogen-bond donors (Lipinski definition) is 1. The number of nitrogens with one attached hydrogen (secondary N) is 1. The fourth-order valence-corrected chi connectivity index (χ4v) is 2.85. The minimum Gasteiger partial charge on any atom is -0.452 e. The quantitative estimate of drug-likeness (QED) is 0.355. The summed E-state index contributed by atoms with van der Waals surface area (Å²) < 4.78 is 6.58. The highest BCUT2D eigenvalue weighted by Gasteiger charge is 2.19. The first-order chi connectivity index (χ1) is 12.2. The molecule has 0 aliphatic heterocycles. The number of carbonyl (C=O) groups excluding carboxylic acids is 2. The van der Waals surface area contributed by atoms with E-state index < -0.39 is 23.4 Å². The van der Waals surface area contributed by atoms with Crippen molar-refractivity contribution in [3.05, 3.63) is 45.3 Å². The summed E-state index contributed by atoms with van der Waals surface area (Å²) in [5.41, 5.74) is 1.81. The molecule has 138 valence electrons. The largest absolute Gasteiger partial charge is 0.452 e. The Bertz CT molecular complexity index is 878. The van der Waals surface area contributed by atoms with Crippen LogP contribution in [0.25, 0.3) is 0 Å². The van der Waals surface area contributed by atoms with Gasteiger partial charge in [-0.1, -0.05) is 0 Å². The number of aryl methyl sites for hydroxylation is 2. The van der Waals surface area contributed by atoms with Gasteiger partial charge in [-0.2, -0.15) is 5.10 Å². The number of rotatable bonds is 6. The van der Waals surface area contributed by atoms with Crippen LogP contribution in [0.4, 0.5) is 11.4 Å². The van der Waals surface area contributed by atoms with Crippen molar-refractivity contribution in [2.75, 3.05) is 18.2 Å². The first-order valence-corrected chi connectivity index (χ1v) is 8.76. The number of benzene rings is 1. The Hall–Kier alpha value is -2.88. The van der Waals surface area contributed by atoms with Gasteiger partial charge in [-0.15, -0.1) is 11.8 Å². The first-order valence-electron chi connectivity index (χ1n) is 7.54. The van der Waals surface area contributed by atoms with Crippen LogP contribution in [0.1, 0.15) is 21.7 Å². The van der Waals surface area contributed by atoms with Gasteiger partial charge in [-0.25, -0.2) is 4.79 Å². The van der Waals surface area contributed by atoms with E-state index in [1.54, 1.807) is 31.8 Å². The van der Waals surface area contributed by atoms with E-state index in [4.69, 9.17) is 4.74 Å². The predicted molar refractivity (Wildman–Crippen MR) is 96.5 cm³/mol. The van der Waals surface area contributed by atoms with Crippen LogP contribution >= 0.6 is 11.8 Å². The van der Waals surface area contributed by atoms with Crippen LogP contribution < -0.4 is 5.32 Å². The Morgan fingerprint density at radius 1 is 1.38 bits per heavy atom. The van der Waals surface area contributed by atoms with Gasteiger partial charge in [0.1, 0.15) is 0 Å². The van der Waals surface area contributed by atoms with Gasteiger partial charge in [0.15, 0.2) is 6.61 Å². The van der Waals surface area contributed by atoms with E-state index in [2.05, 4.69) is 10.4 Å². The summed E-state index contributed by atoms with van der Waals surface area (Å²) in [5.74, 6) is -1.33. The molecule has 9 nitrogen and oxygen atoms in total. The summed E-state index contributed by atoms with van der Waals surface area (Å²) in [4.78, 5) is 35.0. The van der Waals surface area contributed by atoms with Gasteiger partial charge < -0.3 is 10.1 Å². The second-order valence-electron chi connectivity index (χ2n) is 5.44. The minimum atomic E-state index is -0.810. The van der Waals surface area contributed by atoms with Crippen molar-refractivity contribution in [2.45, 2.75) is 18.7 Å². The maximum Gasteiger partial charge on any atom is 0.338 e. The standard InChI is InChI=1S/C16H18N4O5S/c1-9-15(10(2)19(3)18-9)17-14(21)8-25-16(22)11-5-6-13(26-4)12(7-11)20(23)24/h5-7H,8H2,1-4H3,(H,17,21). The molecular weight excluding hydrogens is 360 g/mol. The average Bonchev–Trinajstić information content (AvgIpc) is 2.85. The van der Waals surface area contributed by atoms with Crippen molar-refractivity contribution in [2.24, 2.45) is 7.05 Å². The lowest BCUT2D eigenvalue weighted by atomic mass is 10.2. The molecule has 0 unspecified atom stereocenters. The molecule has 0 aliphatic rings. The van der Waals surface area contributed by atoms with Crippen molar-refractivity contribution < 1.29 is 19.2 Å². The Morgan fingerprint density at radius 2 is 2.08 bits per heavy atom. The van der Waals surface area contributed by atoms with E-state index in [1.165, 1.54) is 23.9 Å². The highest BCUT2D eigenvalue weighted by molar-refractivity contribution is 7.98. The molecule has 0 bridgehead atoms. The van der Waals surface area contributed by atoms with E-state index in [9.17, 15) is 19.7 Å². The van der Waals surface area contributed by atoms with Gasteiger partial charge >= 0.3 is 5.97 Å². The number of aromatic nitrogens is 2. The number of hydrogen-bond acceptors (Lipinski definition) is 7. The van der Waals surface area contributed by atoms with Crippen LogP contribution in [0.5, 0.6) is 0 Å². The molecule has 1 heterocycles. The molecule has 0 spiro atoms. The molecule has 0 aliphatic carbocycles. The number of carbonyl (C=O) groups is 2. The topological polar surface area (TPSA) is 116 Å². The summed E-state index contributed by atoms with van der Waals surface area (Å²) >= 11 is 1.20. The van der Waals surface area contributed by atoms with Crippen LogP contribution in [0.3, 0.4) is 0 Å². The fourth-order valence-electron chi connectivity index (χ4n) is 2.30. The van der Waals surface area contributed by atoms with Gasteiger partial charge in [0.2, 0.25) is 0 Å². The molecule has 26 heavy (non-hydrogen) atoms. The van der Waals surface area contributed by atoms with Crippen molar-refractivity contribution in [1.29, 1.82) is 0 Å². The SMILES string of the molecule is CSc1ccc(C(=O)OCC(=O)Nc2c(C)nn(C)c2C)cc1[N+](=O)[O-]. The molecule has 1 aromatic carbocycles. The summed E-state index contributed by atoms with van der Waals surface area (Å²) in [6.45, 7) is 3.04. The smallest absolute Gasteiger partial charge is 0.338 e. The highest BCUT2D eigenvalue weighted by atomic mass is 32.2. The molecule has 1 aromatic heterocycles. The average molecular weight is 378 g/mol. The summed E-state index contributed by atoms with van der Waals surface area (Å²) in [6, 6.07) is 4.04. The Kier molecular flexibility index (Phi) is 5.98. The third-order valence-corrected chi connectivity index (χ3v) is 4.50. The molecule has 0 fully saturated rings. The van der Waals surface area contributed by atoms with Gasteiger partial charge in [0.25, 0.3) is 11.6 Å². The normalized spacial score (nSPS) is 10.5. The lowest BCUT2D eigenvalue weighted by Gasteiger charge is -2.08. The van der Waals surface area contributed by atoms with E-state index >= 15 is 0 Å². The van der Waals surface area contributed by atoms with Crippen molar-refractivity contribution in [3.8, 4) is 0 Å². The molecule has 0 radical (unpaired) electrons. The number of anilines is 1. The summed E-state index contributed by atoms with van der Waals surface area (Å²) in [6.07, 6.45) is 1.70. The van der Waals surface area contributed by atoms with Gasteiger partial charge in [-0.3, -0.25) is 19.6 Å². The molecule has 1 N–H and O–H groups in total. The van der Waals surface area contributed by atoms with Gasteiger partial charge in [0, 0.05) is 13.1 Å². The molecule has 10 heteroatoms. The molecular formula is C16H18N4O5S. The number of thioether (sulfide) groups is 1. The Morgan fingerprint density at radius 3 is 2.62 bits per heavy atom. The van der Waals surface area contributed by atoms with E-state index in [0.717, 1.165) is 11.8 Å². The van der Waals surface area contributed by atoms with Gasteiger partial charge in [-0.05, 0) is 32.2 Å². The molecule has 2 aromatic rings. The molecule has 2 rings (SSSR count). The second kappa shape index (κ2) is 8.00. The molecule has 0 saturated heterocycles. The van der Waals surface area contributed by atoms with Crippen LogP contribution in [-0.2, 0) is 16.6 Å². The number of amides is 1. The first kappa shape index (κ1) is 19.4. The number of esters is 1. The van der Waals surface area contributed by atoms with Crippen LogP contribution in [0, 0.1) is 24.0 Å². The third kappa shape index (κ3) is 4.20. The number of nitro groups is 1. The van der Waals surface area contributed by atoms with Crippen molar-refractivity contribution >= 4 is 35.0 Å². The lowest BCUT2D eigenvalue weighted by Crippen LogP contribution is -2.21. The molecule has 1 amide bonds. The van der Waals surface area contributed by atoms with E-state index in [-0.39, 0.29) is 11.3 Å². The maximum absolute atomic E-state index is 12.1. The lowest BCUT2D eigenvalue weighted by molar-refractivity contribution is -0.387. The summed E-state index contributed by atoms with van der Waals surface area (Å²) in [5, 5.41) is 17.9. The number of nitrogens with zero attached hydrogens (tertiary/aromatic N) is 3. The predicted octanol–water partition coefficient (Wildman–Crippen LogP) is 2.46. The van der Waals surface area contributed by atoms with Crippen LogP contribution in [-0.4, -0.2) is 39.4 Å². The maximum atomic E-state index is 12.1. The Labute approximate surface area is 153 Å².